The molecule has 22 heavy (non-hydrogen) atoms. The molecule has 0 heterocycles. The number of aliphatic hydroxyl groups is 1. The van der Waals surface area contributed by atoms with Crippen LogP contribution in [-0.4, -0.2) is 53.0 Å². The number of hydrogen-bond donors (Lipinski definition) is 2. The van der Waals surface area contributed by atoms with E-state index in [-0.39, 0.29) is 88.5 Å². The zero-order valence-corrected chi connectivity index (χ0v) is 16.9. The van der Waals surface area contributed by atoms with Gasteiger partial charge in [-0.15, -0.1) is 0 Å². The van der Waals surface area contributed by atoms with Gasteiger partial charge < -0.3 is 20.1 Å². The number of allylic oxidation sites excluding steroid dienone is 1. The number of aliphatic hydroxyl groups excluding tert-OH is 1. The van der Waals surface area contributed by atoms with Crippen LogP contribution in [-0.2, 0) is 9.59 Å². The van der Waals surface area contributed by atoms with Crippen molar-refractivity contribution in [2.75, 3.05) is 26.4 Å². The van der Waals surface area contributed by atoms with Crippen LogP contribution in [0.15, 0.2) is 12.2 Å². The fourth-order valence-corrected chi connectivity index (χ4v) is 2.08. The maximum Gasteiger partial charge on any atom is 1.00 e. The minimum atomic E-state index is -1.19. The molecule has 0 fully saturated rings. The number of quaternary nitrogens is 1. The standard InChI is InChI=1S/C15H27NO5.K/c1-2-3-4-5-6-7-10-16(13-17,11-8-14(18)19)12-9-15(20)21;/h6-7,17H,2-5,8-13H2,1H3,(H-,18,19,20,21);/q;+1/b7-6+;. The van der Waals surface area contributed by atoms with Crippen molar-refractivity contribution in [2.24, 2.45) is 0 Å². The van der Waals surface area contributed by atoms with Gasteiger partial charge in [0.1, 0.15) is 0 Å². The molecule has 122 valence electrons. The van der Waals surface area contributed by atoms with Crippen LogP contribution < -0.4 is 56.5 Å². The summed E-state index contributed by atoms with van der Waals surface area (Å²) < 4.78 is 0.0462. The first kappa shape index (κ1) is 24.5. The molecule has 0 aromatic rings. The molecule has 0 spiro atoms. The van der Waals surface area contributed by atoms with E-state index in [4.69, 9.17) is 5.11 Å². The van der Waals surface area contributed by atoms with E-state index in [0.29, 0.717) is 6.54 Å². The van der Waals surface area contributed by atoms with E-state index < -0.39 is 11.9 Å². The van der Waals surface area contributed by atoms with Crippen molar-refractivity contribution >= 4 is 11.9 Å². The number of carboxylic acids is 2. The minimum absolute atomic E-state index is 0. The Labute approximate surface area is 175 Å². The second-order valence-electron chi connectivity index (χ2n) is 5.35. The summed E-state index contributed by atoms with van der Waals surface area (Å²) in [6.45, 7) is 2.66. The first-order valence-electron chi connectivity index (χ1n) is 7.48. The fourth-order valence-electron chi connectivity index (χ4n) is 2.08. The SMILES string of the molecule is CCCCC/C=C/C[N+](CO)(CCC(=O)[O-])CCC(=O)O.[K+]. The van der Waals surface area contributed by atoms with E-state index >= 15 is 0 Å². The predicted octanol–water partition coefficient (Wildman–Crippen LogP) is -2.49. The summed E-state index contributed by atoms with van der Waals surface area (Å²) in [7, 11) is 0. The zero-order valence-electron chi connectivity index (χ0n) is 13.8. The molecule has 0 amide bonds. The topological polar surface area (TPSA) is 97.7 Å². The number of carbonyl (C=O) groups is 2. The van der Waals surface area contributed by atoms with Gasteiger partial charge in [-0.1, -0.05) is 25.8 Å². The Morgan fingerprint density at radius 1 is 1.14 bits per heavy atom. The molecule has 0 aliphatic rings. The van der Waals surface area contributed by atoms with Crippen molar-refractivity contribution < 1.29 is 80.8 Å². The molecule has 0 radical (unpaired) electrons. The molecule has 7 heteroatoms. The second kappa shape index (κ2) is 14.8. The maximum absolute atomic E-state index is 10.7. The van der Waals surface area contributed by atoms with Crippen LogP contribution in [0.25, 0.3) is 0 Å². The van der Waals surface area contributed by atoms with E-state index in [2.05, 4.69) is 6.92 Å². The van der Waals surface area contributed by atoms with Crippen molar-refractivity contribution in [3.63, 3.8) is 0 Å². The monoisotopic (exact) mass is 340 g/mol. The van der Waals surface area contributed by atoms with Crippen molar-refractivity contribution in [3.8, 4) is 0 Å². The molecule has 0 aliphatic heterocycles. The quantitative estimate of drug-likeness (QED) is 0.127. The summed E-state index contributed by atoms with van der Waals surface area (Å²) in [5, 5.41) is 29.0. The van der Waals surface area contributed by atoms with Gasteiger partial charge in [0.15, 0.2) is 6.73 Å². The Kier molecular flexibility index (Phi) is 16.5. The first-order chi connectivity index (χ1) is 9.95. The van der Waals surface area contributed by atoms with Gasteiger partial charge in [-0.25, -0.2) is 0 Å². The molecular formula is C15H27KNO5+. The molecule has 0 rings (SSSR count). The van der Waals surface area contributed by atoms with Gasteiger partial charge in [0.2, 0.25) is 0 Å². The summed E-state index contributed by atoms with van der Waals surface area (Å²) in [4.78, 5) is 21.3. The summed E-state index contributed by atoms with van der Waals surface area (Å²) in [6, 6.07) is 0. The van der Waals surface area contributed by atoms with E-state index in [1.807, 2.05) is 12.2 Å². The maximum atomic E-state index is 10.7. The number of rotatable bonds is 13. The van der Waals surface area contributed by atoms with Gasteiger partial charge in [-0.2, -0.15) is 0 Å². The predicted molar refractivity (Wildman–Crippen MR) is 77.1 cm³/mol. The molecule has 0 aromatic heterocycles. The minimum Gasteiger partial charge on any atom is -0.550 e. The Balaban J connectivity index is 0. The second-order valence-corrected chi connectivity index (χ2v) is 5.35. The van der Waals surface area contributed by atoms with Gasteiger partial charge in [0.25, 0.3) is 0 Å². The number of carboxylic acid groups (broad SMARTS) is 2. The van der Waals surface area contributed by atoms with Gasteiger partial charge in [-0.05, 0) is 18.9 Å². The molecule has 0 aliphatic carbocycles. The molecule has 0 saturated heterocycles. The average Bonchev–Trinajstić information content (AvgIpc) is 2.45. The number of carbonyl (C=O) groups excluding carboxylic acids is 1. The number of hydrogen-bond acceptors (Lipinski definition) is 4. The van der Waals surface area contributed by atoms with Crippen LogP contribution in [0.2, 0.25) is 0 Å². The van der Waals surface area contributed by atoms with Crippen LogP contribution >= 0.6 is 0 Å². The van der Waals surface area contributed by atoms with E-state index in [9.17, 15) is 19.8 Å². The van der Waals surface area contributed by atoms with Gasteiger partial charge in [-0.3, -0.25) is 9.28 Å². The van der Waals surface area contributed by atoms with Crippen LogP contribution in [0.4, 0.5) is 0 Å². The van der Waals surface area contributed by atoms with Crippen LogP contribution in [0.3, 0.4) is 0 Å². The van der Waals surface area contributed by atoms with Crippen LogP contribution in [0, 0.1) is 0 Å². The van der Waals surface area contributed by atoms with Crippen molar-refractivity contribution in [1.29, 1.82) is 0 Å². The van der Waals surface area contributed by atoms with Crippen molar-refractivity contribution in [1.82, 2.24) is 0 Å². The fraction of sp³-hybridized carbons (Fsp3) is 0.733. The Bertz CT molecular complexity index is 329. The van der Waals surface area contributed by atoms with Crippen molar-refractivity contribution in [2.45, 2.75) is 45.4 Å². The van der Waals surface area contributed by atoms with Crippen molar-refractivity contribution in [3.05, 3.63) is 12.2 Å². The Hall–Kier alpha value is 0.236. The summed E-state index contributed by atoms with van der Waals surface area (Å²) >= 11 is 0. The molecule has 1 unspecified atom stereocenters. The van der Waals surface area contributed by atoms with Gasteiger partial charge in [0.05, 0.1) is 26.1 Å². The molecule has 0 saturated carbocycles. The third-order valence-electron chi connectivity index (χ3n) is 3.52. The van der Waals surface area contributed by atoms with E-state index in [0.717, 1.165) is 25.7 Å². The zero-order chi connectivity index (χ0) is 16.1. The van der Waals surface area contributed by atoms with Crippen LogP contribution in [0.5, 0.6) is 0 Å². The van der Waals surface area contributed by atoms with Gasteiger partial charge in [0, 0.05) is 12.4 Å². The smallest absolute Gasteiger partial charge is 0.550 e. The largest absolute Gasteiger partial charge is 1.00 e. The normalized spacial score (nSPS) is 13.5. The van der Waals surface area contributed by atoms with Crippen LogP contribution in [0.1, 0.15) is 45.4 Å². The van der Waals surface area contributed by atoms with E-state index in [1.165, 1.54) is 0 Å². The molecule has 0 aromatic carbocycles. The molecule has 1 atom stereocenters. The first-order valence-corrected chi connectivity index (χ1v) is 7.48. The molecular weight excluding hydrogens is 313 g/mol. The summed E-state index contributed by atoms with van der Waals surface area (Å²) in [5.74, 6) is -2.14. The van der Waals surface area contributed by atoms with E-state index in [1.54, 1.807) is 0 Å². The summed E-state index contributed by atoms with van der Waals surface area (Å²) in [5.41, 5.74) is 0. The molecule has 6 nitrogen and oxygen atoms in total. The summed E-state index contributed by atoms with van der Waals surface area (Å²) in [6.07, 6.45) is 7.98. The van der Waals surface area contributed by atoms with Gasteiger partial charge >= 0.3 is 57.4 Å². The number of aliphatic carboxylic acids is 2. The average molecular weight is 340 g/mol. The molecule has 2 N–H and O–H groups in total. The molecule has 0 bridgehead atoms. The Morgan fingerprint density at radius 3 is 2.27 bits per heavy atom. The third kappa shape index (κ3) is 12.7. The Morgan fingerprint density at radius 2 is 1.77 bits per heavy atom. The number of unbranched alkanes of at least 4 members (excludes halogenated alkanes) is 3. The number of nitrogens with zero attached hydrogens (tertiary/aromatic N) is 1. The third-order valence-corrected chi connectivity index (χ3v) is 3.52.